The smallest absolute Gasteiger partial charge is 0.418 e. The highest BCUT2D eigenvalue weighted by molar-refractivity contribution is 7.91. The summed E-state index contributed by atoms with van der Waals surface area (Å²) in [5, 5.41) is 15.6. The number of benzene rings is 2. The molecule has 6 rings (SSSR count). The number of ether oxygens (including phenoxy) is 4. The lowest BCUT2D eigenvalue weighted by Crippen LogP contribution is -2.30. The van der Waals surface area contributed by atoms with Crippen molar-refractivity contribution in [3.63, 3.8) is 0 Å². The van der Waals surface area contributed by atoms with Crippen LogP contribution in [0.5, 0.6) is 5.75 Å². The van der Waals surface area contributed by atoms with E-state index in [-0.39, 0.29) is 66.4 Å². The van der Waals surface area contributed by atoms with Crippen LogP contribution in [0.2, 0.25) is 0 Å². The number of esters is 1. The number of amides is 2. The molecule has 0 spiro atoms. The number of methoxy groups -OCH3 is 1. The van der Waals surface area contributed by atoms with Gasteiger partial charge < -0.3 is 34.2 Å². The molecule has 2 amide bonds. The Morgan fingerprint density at radius 1 is 1.03 bits per heavy atom. The third kappa shape index (κ3) is 10.2. The van der Waals surface area contributed by atoms with Gasteiger partial charge in [-0.3, -0.25) is 38.6 Å². The van der Waals surface area contributed by atoms with Crippen molar-refractivity contribution in [2.75, 3.05) is 37.9 Å². The van der Waals surface area contributed by atoms with Crippen LogP contribution in [-0.4, -0.2) is 112 Å². The first-order valence-corrected chi connectivity index (χ1v) is 20.0. The minimum Gasteiger partial charge on any atom is -0.497 e. The quantitative estimate of drug-likeness (QED) is 0.0973. The predicted molar refractivity (Wildman–Crippen MR) is 207 cm³/mol. The second-order valence-corrected chi connectivity index (χ2v) is 15.6. The predicted octanol–water partition coefficient (Wildman–Crippen LogP) is 1.79. The summed E-state index contributed by atoms with van der Waals surface area (Å²) < 4.78 is 49.7. The van der Waals surface area contributed by atoms with Crippen LogP contribution < -0.4 is 20.9 Å². The molecule has 1 aliphatic rings. The highest BCUT2D eigenvalue weighted by Gasteiger charge is 2.39. The minimum atomic E-state index is -3.75. The van der Waals surface area contributed by atoms with Crippen LogP contribution in [0.25, 0.3) is 22.1 Å². The molecule has 5 aromatic rings. The molecule has 2 unspecified atom stereocenters. The first kappa shape index (κ1) is 42.2. The lowest BCUT2D eigenvalue weighted by Gasteiger charge is -2.16. The number of carbonyl (C=O) groups excluding carboxylic acids is 5. The first-order chi connectivity index (χ1) is 28.3. The van der Waals surface area contributed by atoms with Gasteiger partial charge in [-0.1, -0.05) is 18.2 Å². The number of para-hydroxylation sites is 1. The molecule has 1 saturated heterocycles. The molecule has 4 heterocycles. The largest absolute Gasteiger partial charge is 0.497 e. The van der Waals surface area contributed by atoms with Gasteiger partial charge >= 0.3 is 12.1 Å². The molecule has 4 N–H and O–H groups in total. The number of rotatable bonds is 17. The third-order valence-electron chi connectivity index (χ3n) is 9.34. The number of nitrogens with zero attached hydrogens (tertiary/aromatic N) is 4. The zero-order chi connectivity index (χ0) is 42.3. The monoisotopic (exact) mass is 835 g/mol. The summed E-state index contributed by atoms with van der Waals surface area (Å²) in [6.07, 6.45) is -1.07. The molecule has 1 fully saturated rings. The fourth-order valence-corrected chi connectivity index (χ4v) is 7.45. The van der Waals surface area contributed by atoms with E-state index in [2.05, 4.69) is 25.6 Å². The van der Waals surface area contributed by atoms with Crippen LogP contribution in [0, 0.1) is 0 Å². The van der Waals surface area contributed by atoms with Crippen molar-refractivity contribution in [3.05, 3.63) is 77.0 Å². The average molecular weight is 836 g/mol. The SMILES string of the molecule is COc1ccc(S(=O)(=O)CCOC(=O)n2cc(CC(=O)NCCC(=O)Nc3nc4c(ncn4C4C[C@@H](OC(=O)CCC(C)=O)C(CO)O4)c(=O)[nH]3)c3ccccc32)cc1. The van der Waals surface area contributed by atoms with Crippen LogP contribution in [0.15, 0.2) is 70.7 Å². The number of nitrogens with one attached hydrogen (secondary N) is 3. The van der Waals surface area contributed by atoms with Crippen LogP contribution in [0.1, 0.15) is 44.4 Å². The van der Waals surface area contributed by atoms with Gasteiger partial charge in [-0.25, -0.2) is 18.2 Å². The number of hydrogen-bond donors (Lipinski definition) is 4. The zero-order valence-corrected chi connectivity index (χ0v) is 32.7. The maximum atomic E-state index is 13.0. The van der Waals surface area contributed by atoms with Gasteiger partial charge in [0.25, 0.3) is 5.56 Å². The van der Waals surface area contributed by atoms with E-state index in [0.29, 0.717) is 22.2 Å². The Balaban J connectivity index is 1.02. The van der Waals surface area contributed by atoms with E-state index in [1.807, 2.05) is 0 Å². The summed E-state index contributed by atoms with van der Waals surface area (Å²) in [5.41, 5.74) is 0.237. The Morgan fingerprint density at radius 3 is 2.53 bits per heavy atom. The number of aliphatic hydroxyl groups is 1. The summed E-state index contributed by atoms with van der Waals surface area (Å²) in [7, 11) is -2.29. The van der Waals surface area contributed by atoms with Crippen LogP contribution in [-0.2, 0) is 49.6 Å². The Labute approximate surface area is 335 Å². The fourth-order valence-electron chi connectivity index (χ4n) is 6.36. The van der Waals surface area contributed by atoms with E-state index in [1.165, 1.54) is 60.0 Å². The van der Waals surface area contributed by atoms with Crippen molar-refractivity contribution in [3.8, 4) is 5.75 Å². The summed E-state index contributed by atoms with van der Waals surface area (Å²) in [4.78, 5) is 86.1. The number of H-pyrrole nitrogens is 1. The molecule has 312 valence electrons. The van der Waals surface area contributed by atoms with Gasteiger partial charge in [-0.05, 0) is 42.8 Å². The second-order valence-electron chi connectivity index (χ2n) is 13.5. The van der Waals surface area contributed by atoms with Crippen LogP contribution in [0.3, 0.4) is 0 Å². The van der Waals surface area contributed by atoms with E-state index < -0.39 is 76.7 Å². The number of ketones is 1. The number of aliphatic hydroxyl groups excluding tert-OH is 1. The van der Waals surface area contributed by atoms with E-state index in [0.717, 1.165) is 0 Å². The number of carbonyl (C=O) groups is 5. The van der Waals surface area contributed by atoms with Gasteiger partial charge in [0.2, 0.25) is 17.8 Å². The van der Waals surface area contributed by atoms with Gasteiger partial charge in [0.05, 0.1) is 49.1 Å². The van der Waals surface area contributed by atoms with E-state index in [4.69, 9.17) is 18.9 Å². The second kappa shape index (κ2) is 18.4. The van der Waals surface area contributed by atoms with E-state index in [9.17, 15) is 42.3 Å². The Kier molecular flexibility index (Phi) is 13.2. The molecular weight excluding hydrogens is 795 g/mol. The number of fused-ring (bicyclic) bond motifs is 2. The number of hydrogen-bond acceptors (Lipinski definition) is 15. The summed E-state index contributed by atoms with van der Waals surface area (Å²) >= 11 is 0. The molecule has 0 radical (unpaired) electrons. The number of aromatic nitrogens is 5. The van der Waals surface area contributed by atoms with Gasteiger partial charge in [0.1, 0.15) is 36.6 Å². The number of Topliss-reactive ketones (excluding diaryl/α,β-unsaturated/α-hetero) is 1. The van der Waals surface area contributed by atoms with Crippen molar-refractivity contribution >= 4 is 67.5 Å². The normalized spacial score (nSPS) is 16.5. The van der Waals surface area contributed by atoms with Gasteiger partial charge in [-0.15, -0.1) is 0 Å². The standard InChI is InChI=1S/C38H41N7O13S/c1-22(47)7-12-33(50)58-28-18-32(57-29(28)20-46)45-21-40-34-35(45)42-37(43-36(34)51)41-30(48)13-14-39-31(49)17-23-19-44(27-6-4-3-5-26(23)27)38(52)56-15-16-59(53,54)25-10-8-24(55-2)9-11-25/h3-6,8-11,19,21,28-29,32,46H,7,12-18,20H2,1-2H3,(H,39,49)(H2,41,42,43,48,51)/t28-,29?,32?/m1/s1. The molecule has 3 atom stereocenters. The van der Waals surface area contributed by atoms with Crippen molar-refractivity contribution < 1.29 is 56.4 Å². The molecule has 0 saturated carbocycles. The minimum absolute atomic E-state index is 0.0129. The van der Waals surface area contributed by atoms with Crippen LogP contribution >= 0.6 is 0 Å². The van der Waals surface area contributed by atoms with Crippen molar-refractivity contribution in [2.45, 2.75) is 62.4 Å². The number of anilines is 1. The topological polar surface area (TPSA) is 269 Å². The maximum absolute atomic E-state index is 13.0. The molecule has 2 aromatic carbocycles. The number of aromatic amines is 1. The molecule has 21 heteroatoms. The molecule has 0 bridgehead atoms. The van der Waals surface area contributed by atoms with Gasteiger partial charge in [0, 0.05) is 37.4 Å². The average Bonchev–Trinajstić information content (AvgIpc) is 3.92. The van der Waals surface area contributed by atoms with Gasteiger partial charge in [-0.2, -0.15) is 4.98 Å². The number of sulfone groups is 1. The van der Waals surface area contributed by atoms with Gasteiger partial charge in [0.15, 0.2) is 21.0 Å². The van der Waals surface area contributed by atoms with E-state index in [1.54, 1.807) is 24.3 Å². The molecule has 0 aliphatic carbocycles. The van der Waals surface area contributed by atoms with Crippen molar-refractivity contribution in [1.82, 2.24) is 29.4 Å². The molecule has 59 heavy (non-hydrogen) atoms. The fraction of sp³-hybridized carbons (Fsp3) is 0.368. The number of imidazole rings is 1. The third-order valence-corrected chi connectivity index (χ3v) is 11.0. The summed E-state index contributed by atoms with van der Waals surface area (Å²) in [5.74, 6) is -2.02. The molecular formula is C38H41N7O13S. The molecule has 20 nitrogen and oxygen atoms in total. The lowest BCUT2D eigenvalue weighted by molar-refractivity contribution is -0.153. The highest BCUT2D eigenvalue weighted by Crippen LogP contribution is 2.32. The summed E-state index contributed by atoms with van der Waals surface area (Å²) in [6, 6.07) is 12.6. The lowest BCUT2D eigenvalue weighted by atomic mass is 10.1. The van der Waals surface area contributed by atoms with E-state index >= 15 is 0 Å². The van der Waals surface area contributed by atoms with Crippen molar-refractivity contribution in [1.29, 1.82) is 0 Å². The molecule has 3 aromatic heterocycles. The highest BCUT2D eigenvalue weighted by atomic mass is 32.2. The summed E-state index contributed by atoms with van der Waals surface area (Å²) in [6.45, 7) is 0.376. The van der Waals surface area contributed by atoms with Crippen molar-refractivity contribution in [2.24, 2.45) is 0 Å². The zero-order valence-electron chi connectivity index (χ0n) is 31.9. The van der Waals surface area contributed by atoms with Crippen LogP contribution in [0.4, 0.5) is 10.7 Å². The first-order valence-electron chi connectivity index (χ1n) is 18.4. The Hall–Kier alpha value is -6.45. The Morgan fingerprint density at radius 2 is 1.80 bits per heavy atom. The Bertz CT molecular complexity index is 2550. The maximum Gasteiger partial charge on any atom is 0.418 e. The molecule has 1 aliphatic heterocycles.